The Kier molecular flexibility index (Phi) is 4.73. The van der Waals surface area contributed by atoms with E-state index in [0.717, 1.165) is 11.6 Å². The molecule has 0 atom stereocenters. The van der Waals surface area contributed by atoms with Gasteiger partial charge in [-0.05, 0) is 34.9 Å². The van der Waals surface area contributed by atoms with Gasteiger partial charge in [0.1, 0.15) is 11.6 Å². The molecule has 106 valence electrons. The van der Waals surface area contributed by atoms with Crippen molar-refractivity contribution in [3.05, 3.63) is 58.6 Å². The molecule has 0 unspecified atom stereocenters. The molecule has 2 aromatic carbocycles. The highest BCUT2D eigenvalue weighted by atomic mass is 35.5. The van der Waals surface area contributed by atoms with Gasteiger partial charge in [-0.25, -0.2) is 8.78 Å². The highest BCUT2D eigenvalue weighted by Crippen LogP contribution is 2.27. The van der Waals surface area contributed by atoms with Crippen molar-refractivity contribution in [2.45, 2.75) is 26.4 Å². The second kappa shape index (κ2) is 6.33. The highest BCUT2D eigenvalue weighted by Gasteiger charge is 2.07. The quantitative estimate of drug-likeness (QED) is 0.855. The van der Waals surface area contributed by atoms with Gasteiger partial charge in [-0.15, -0.1) is 0 Å². The van der Waals surface area contributed by atoms with Crippen LogP contribution in [0, 0.1) is 11.6 Å². The summed E-state index contributed by atoms with van der Waals surface area (Å²) in [6.45, 7) is 4.77. The van der Waals surface area contributed by atoms with Crippen molar-refractivity contribution in [2.24, 2.45) is 0 Å². The fraction of sp³-hybridized carbons (Fsp3) is 0.250. The van der Waals surface area contributed by atoms with Crippen LogP contribution in [0.3, 0.4) is 0 Å². The zero-order valence-electron chi connectivity index (χ0n) is 11.4. The van der Waals surface area contributed by atoms with Gasteiger partial charge >= 0.3 is 0 Å². The molecule has 0 bridgehead atoms. The van der Waals surface area contributed by atoms with E-state index in [-0.39, 0.29) is 0 Å². The number of halogens is 3. The predicted molar refractivity (Wildman–Crippen MR) is 78.8 cm³/mol. The lowest BCUT2D eigenvalue weighted by Gasteiger charge is -2.11. The largest absolute Gasteiger partial charge is 0.310 e. The smallest absolute Gasteiger partial charge is 0.126 e. The molecule has 20 heavy (non-hydrogen) atoms. The summed E-state index contributed by atoms with van der Waals surface area (Å²) >= 11 is 6.21. The van der Waals surface area contributed by atoms with Gasteiger partial charge in [0.25, 0.3) is 0 Å². The molecule has 2 rings (SSSR count). The van der Waals surface area contributed by atoms with Gasteiger partial charge in [0.2, 0.25) is 0 Å². The molecule has 0 aliphatic heterocycles. The Balaban J connectivity index is 2.28. The van der Waals surface area contributed by atoms with Crippen LogP contribution in [0.15, 0.2) is 36.4 Å². The van der Waals surface area contributed by atoms with Gasteiger partial charge in [0.05, 0.1) is 0 Å². The third kappa shape index (κ3) is 3.78. The van der Waals surface area contributed by atoms with Crippen molar-refractivity contribution >= 4 is 11.6 Å². The number of rotatable bonds is 4. The lowest BCUT2D eigenvalue weighted by molar-refractivity contribution is 0.584. The standard InChI is InChI=1S/C16H16ClF2N/c1-10(2)20-9-12-4-3-11(7-16(12)17)13-5-14(18)8-15(19)6-13/h3-8,10,20H,9H2,1-2H3. The molecule has 0 saturated heterocycles. The maximum Gasteiger partial charge on any atom is 0.126 e. The Labute approximate surface area is 122 Å². The van der Waals surface area contributed by atoms with Gasteiger partial charge in [-0.3, -0.25) is 0 Å². The Morgan fingerprint density at radius 2 is 1.65 bits per heavy atom. The Bertz CT molecular complexity index is 591. The molecular formula is C16H16ClF2N. The van der Waals surface area contributed by atoms with E-state index in [1.54, 1.807) is 6.07 Å². The molecule has 0 fully saturated rings. The molecule has 4 heteroatoms. The first-order valence-corrected chi connectivity index (χ1v) is 6.82. The third-order valence-electron chi connectivity index (χ3n) is 2.95. The first-order valence-electron chi connectivity index (χ1n) is 6.44. The Hall–Kier alpha value is -1.45. The van der Waals surface area contributed by atoms with Gasteiger partial charge in [0.15, 0.2) is 0 Å². The second-order valence-electron chi connectivity index (χ2n) is 5.00. The van der Waals surface area contributed by atoms with Gasteiger partial charge in [0, 0.05) is 23.7 Å². The molecule has 1 N–H and O–H groups in total. The number of benzene rings is 2. The average Bonchev–Trinajstić information content (AvgIpc) is 2.35. The average molecular weight is 296 g/mol. The molecule has 1 nitrogen and oxygen atoms in total. The fourth-order valence-corrected chi connectivity index (χ4v) is 2.15. The van der Waals surface area contributed by atoms with Gasteiger partial charge in [-0.1, -0.05) is 37.6 Å². The van der Waals surface area contributed by atoms with Gasteiger partial charge < -0.3 is 5.32 Å². The van der Waals surface area contributed by atoms with E-state index in [0.29, 0.717) is 28.7 Å². The van der Waals surface area contributed by atoms with E-state index in [1.165, 1.54) is 12.1 Å². The molecule has 0 spiro atoms. The molecule has 0 aromatic heterocycles. The fourth-order valence-electron chi connectivity index (χ4n) is 1.90. The minimum atomic E-state index is -0.596. The van der Waals surface area contributed by atoms with Crippen LogP contribution >= 0.6 is 11.6 Å². The van der Waals surface area contributed by atoms with E-state index in [9.17, 15) is 8.78 Å². The van der Waals surface area contributed by atoms with Crippen LogP contribution in [0.5, 0.6) is 0 Å². The van der Waals surface area contributed by atoms with Crippen LogP contribution in [-0.2, 0) is 6.54 Å². The summed E-state index contributed by atoms with van der Waals surface area (Å²) in [6, 6.07) is 9.22. The number of nitrogens with one attached hydrogen (secondary N) is 1. The number of hydrogen-bond acceptors (Lipinski definition) is 1. The van der Waals surface area contributed by atoms with E-state index < -0.39 is 11.6 Å². The molecule has 0 heterocycles. The van der Waals surface area contributed by atoms with Crippen LogP contribution < -0.4 is 5.32 Å². The molecule has 2 aromatic rings. The molecule has 0 saturated carbocycles. The van der Waals surface area contributed by atoms with Crippen molar-refractivity contribution < 1.29 is 8.78 Å². The highest BCUT2D eigenvalue weighted by molar-refractivity contribution is 6.31. The van der Waals surface area contributed by atoms with E-state index in [4.69, 9.17) is 11.6 Å². The third-order valence-corrected chi connectivity index (χ3v) is 3.30. The molecule has 0 aliphatic rings. The summed E-state index contributed by atoms with van der Waals surface area (Å²) in [7, 11) is 0. The van der Waals surface area contributed by atoms with Crippen LogP contribution in [0.1, 0.15) is 19.4 Å². The summed E-state index contributed by atoms with van der Waals surface area (Å²) in [5.41, 5.74) is 2.13. The van der Waals surface area contributed by atoms with Crippen molar-refractivity contribution in [2.75, 3.05) is 0 Å². The van der Waals surface area contributed by atoms with Crippen LogP contribution in [-0.4, -0.2) is 6.04 Å². The summed E-state index contributed by atoms with van der Waals surface area (Å²) < 4.78 is 26.4. The Morgan fingerprint density at radius 3 is 2.20 bits per heavy atom. The van der Waals surface area contributed by atoms with Crippen molar-refractivity contribution in [3.8, 4) is 11.1 Å². The topological polar surface area (TPSA) is 12.0 Å². The first-order chi connectivity index (χ1) is 9.45. The van der Waals surface area contributed by atoms with Gasteiger partial charge in [-0.2, -0.15) is 0 Å². The lowest BCUT2D eigenvalue weighted by atomic mass is 10.0. The summed E-state index contributed by atoms with van der Waals surface area (Å²) in [4.78, 5) is 0. The zero-order valence-corrected chi connectivity index (χ0v) is 12.1. The summed E-state index contributed by atoms with van der Waals surface area (Å²) in [5.74, 6) is -1.19. The maximum atomic E-state index is 13.2. The van der Waals surface area contributed by atoms with E-state index in [2.05, 4.69) is 19.2 Å². The summed E-state index contributed by atoms with van der Waals surface area (Å²) in [5, 5.41) is 3.86. The Morgan fingerprint density at radius 1 is 1.00 bits per heavy atom. The number of hydrogen-bond donors (Lipinski definition) is 1. The van der Waals surface area contributed by atoms with Crippen molar-refractivity contribution in [1.29, 1.82) is 0 Å². The van der Waals surface area contributed by atoms with Crippen LogP contribution in [0.2, 0.25) is 5.02 Å². The SMILES string of the molecule is CC(C)NCc1ccc(-c2cc(F)cc(F)c2)cc1Cl. The minimum absolute atomic E-state index is 0.364. The molecule has 0 aliphatic carbocycles. The van der Waals surface area contributed by atoms with Crippen molar-refractivity contribution in [1.82, 2.24) is 5.32 Å². The van der Waals surface area contributed by atoms with E-state index >= 15 is 0 Å². The predicted octanol–water partition coefficient (Wildman–Crippen LogP) is 4.78. The van der Waals surface area contributed by atoms with Crippen LogP contribution in [0.4, 0.5) is 8.78 Å². The van der Waals surface area contributed by atoms with Crippen LogP contribution in [0.25, 0.3) is 11.1 Å². The minimum Gasteiger partial charge on any atom is -0.310 e. The summed E-state index contributed by atoms with van der Waals surface area (Å²) in [6.07, 6.45) is 0. The van der Waals surface area contributed by atoms with Crippen molar-refractivity contribution in [3.63, 3.8) is 0 Å². The maximum absolute atomic E-state index is 13.2. The normalized spacial score (nSPS) is 11.1. The second-order valence-corrected chi connectivity index (χ2v) is 5.41. The van der Waals surface area contributed by atoms with E-state index in [1.807, 2.05) is 12.1 Å². The molecule has 0 amide bonds. The zero-order chi connectivity index (χ0) is 14.7. The lowest BCUT2D eigenvalue weighted by Crippen LogP contribution is -2.21. The first kappa shape index (κ1) is 14.9. The molecular weight excluding hydrogens is 280 g/mol. The molecule has 0 radical (unpaired) electrons. The monoisotopic (exact) mass is 295 g/mol.